The summed E-state index contributed by atoms with van der Waals surface area (Å²) in [6.45, 7) is -21.9. The molecule has 2 rings (SSSR count). The Balaban J connectivity index is 0.000000605. The molecule has 0 spiro atoms. The van der Waals surface area contributed by atoms with Crippen molar-refractivity contribution in [2.45, 2.75) is 65.6 Å². The molecule has 30 heavy (non-hydrogen) atoms. The van der Waals surface area contributed by atoms with E-state index in [1.54, 1.807) is 0 Å². The molecule has 0 heterocycles. The van der Waals surface area contributed by atoms with E-state index in [0.717, 1.165) is 24.3 Å². The number of hydrogen-bond donors (Lipinski definition) is 2. The summed E-state index contributed by atoms with van der Waals surface area (Å²) < 4.78 is 229. The third kappa shape index (κ3) is 8.81. The fraction of sp³-hybridized carbons (Fsp3) is 0.462. The lowest BCUT2D eigenvalue weighted by molar-refractivity contribution is -0.139. The van der Waals surface area contributed by atoms with Gasteiger partial charge in [-0.3, -0.25) is 9.59 Å². The molecule has 2 aromatic carbocycles. The van der Waals surface area contributed by atoms with Crippen LogP contribution in [0.15, 0.2) is 48.4 Å². The minimum absolute atomic E-state index is 0.544. The molecule has 0 fully saturated rings. The van der Waals surface area contributed by atoms with Crippen LogP contribution < -0.4 is 0 Å². The smallest absolute Gasteiger partial charge is 0.310 e. The van der Waals surface area contributed by atoms with Gasteiger partial charge in [0, 0.05) is 35.6 Å². The molecule has 0 aliphatic rings. The average molecular weight is 443 g/mol. The summed E-state index contributed by atoms with van der Waals surface area (Å²) in [6, 6.07) is -2.88. The summed E-state index contributed by atoms with van der Waals surface area (Å²) >= 11 is 0. The van der Waals surface area contributed by atoms with Gasteiger partial charge in [0.2, 0.25) is 0 Å². The lowest BCUT2D eigenvalue weighted by Gasteiger charge is -2.09. The van der Waals surface area contributed by atoms with E-state index in [1.807, 2.05) is 0 Å². The van der Waals surface area contributed by atoms with Gasteiger partial charge in [0.05, 0.1) is 17.3 Å². The van der Waals surface area contributed by atoms with Crippen LogP contribution in [0.5, 0.6) is 0 Å². The molecule has 0 aliphatic heterocycles. The monoisotopic (exact) mass is 442 g/mol. The molecule has 4 heteroatoms. The van der Waals surface area contributed by atoms with Crippen LogP contribution >= 0.6 is 0 Å². The van der Waals surface area contributed by atoms with Crippen molar-refractivity contribution in [1.29, 1.82) is 0 Å². The zero-order valence-corrected chi connectivity index (χ0v) is 15.0. The van der Waals surface area contributed by atoms with Gasteiger partial charge in [-0.25, -0.2) is 0 Å². The van der Waals surface area contributed by atoms with Gasteiger partial charge in [-0.2, -0.15) is 0 Å². The largest absolute Gasteiger partial charge is 0.481 e. The maximum Gasteiger partial charge on any atom is 0.310 e. The van der Waals surface area contributed by atoms with E-state index in [9.17, 15) is 19.8 Å². The molecule has 2 N–H and O–H groups in total. The van der Waals surface area contributed by atoms with Gasteiger partial charge < -0.3 is 10.2 Å². The number of hydrogen-bond acceptors (Lipinski definition) is 2. The number of carbonyl (C=O) groups is 2. The topological polar surface area (TPSA) is 74.6 Å². The Labute approximate surface area is 223 Å². The molecule has 2 unspecified atom stereocenters. The van der Waals surface area contributed by atoms with Gasteiger partial charge in [-0.1, -0.05) is 75.8 Å². The molecule has 0 bridgehead atoms. The maximum atomic E-state index is 11.6. The normalized spacial score (nSPS) is 33.7. The third-order valence-corrected chi connectivity index (χ3v) is 3.00. The van der Waals surface area contributed by atoms with Crippen molar-refractivity contribution < 1.29 is 60.9 Å². The highest BCUT2D eigenvalue weighted by Gasteiger charge is 2.13. The van der Waals surface area contributed by atoms with Crippen LogP contribution in [0.25, 0.3) is 0 Å². The standard InChI is InChI=1S/2C13H18O2/c2*1-9(2)8-11-4-6-12(7-5-11)10(3)13(14)15/h2*4-7,9-10H,8H2,1-3H3,(H,14,15)/i1D3,2D3,3D3,4D,5D,6D,7D,8D2,9D,10D;1D3,2D3,3D3,8D2,9D,10D. The van der Waals surface area contributed by atoms with E-state index in [0.29, 0.717) is 0 Å². The molecular formula is C26H36O4. The highest BCUT2D eigenvalue weighted by molar-refractivity contribution is 5.75. The van der Waals surface area contributed by atoms with E-state index >= 15 is 0 Å². The molecule has 0 aromatic heterocycles. The van der Waals surface area contributed by atoms with Gasteiger partial charge in [0.25, 0.3) is 0 Å². The van der Waals surface area contributed by atoms with Crippen LogP contribution in [0.4, 0.5) is 0 Å². The fourth-order valence-corrected chi connectivity index (χ4v) is 1.72. The molecule has 2 atom stereocenters. The minimum atomic E-state index is -4.01. The van der Waals surface area contributed by atoms with Gasteiger partial charge >= 0.3 is 11.9 Å². The van der Waals surface area contributed by atoms with Gasteiger partial charge in [0.1, 0.15) is 0 Å². The van der Waals surface area contributed by atoms with E-state index in [-0.39, 0.29) is 0 Å². The number of aliphatic carboxylic acids is 2. The van der Waals surface area contributed by atoms with E-state index in [2.05, 4.69) is 0 Å². The van der Waals surface area contributed by atoms with Crippen LogP contribution in [0.3, 0.4) is 0 Å². The second kappa shape index (κ2) is 12.2. The summed E-state index contributed by atoms with van der Waals surface area (Å²) in [5.41, 5.74) is -4.09. The second-order valence-electron chi connectivity index (χ2n) is 5.19. The molecule has 0 aliphatic carbocycles. The summed E-state index contributed by atoms with van der Waals surface area (Å²) in [7, 11) is 0. The summed E-state index contributed by atoms with van der Waals surface area (Å²) in [5.74, 6) is -18.7. The van der Waals surface area contributed by atoms with Gasteiger partial charge in [0.15, 0.2) is 0 Å². The Morgan fingerprint density at radius 2 is 1.27 bits per heavy atom. The first-order valence-corrected chi connectivity index (χ1v) is 7.68. The van der Waals surface area contributed by atoms with Crippen LogP contribution in [0.1, 0.15) is 116 Å². The average Bonchev–Trinajstić information content (AvgIpc) is 3.03. The van der Waals surface area contributed by atoms with E-state index < -0.39 is 136 Å². The quantitative estimate of drug-likeness (QED) is 0.514. The second-order valence-corrected chi connectivity index (χ2v) is 5.19. The predicted molar refractivity (Wildman–Crippen MR) is 122 cm³/mol. The summed E-state index contributed by atoms with van der Waals surface area (Å²) in [4.78, 5) is 23.0. The molecule has 164 valence electrons. The van der Waals surface area contributed by atoms with Gasteiger partial charge in [-0.05, 0) is 60.5 Å². The highest BCUT2D eigenvalue weighted by atomic mass is 16.4. The van der Waals surface area contributed by atoms with Crippen LogP contribution in [-0.2, 0) is 22.3 Å². The van der Waals surface area contributed by atoms with Crippen molar-refractivity contribution in [2.75, 3.05) is 0 Å². The Morgan fingerprint density at radius 3 is 1.70 bits per heavy atom. The Kier molecular flexibility index (Phi) is 2.35. The molecule has 2 aromatic rings. The fourth-order valence-electron chi connectivity index (χ4n) is 1.72. The highest BCUT2D eigenvalue weighted by Crippen LogP contribution is 2.18. The number of rotatable bonds is 8. The summed E-state index contributed by atoms with van der Waals surface area (Å²) in [6.07, 6.45) is -7.16. The Hall–Kier alpha value is -2.62. The number of benzene rings is 2. The van der Waals surface area contributed by atoms with Crippen LogP contribution in [0.2, 0.25) is 0 Å². The SMILES string of the molecule is [2H]C([2H])([2H])C([2H])(C(=O)O)c1ccc(C([2H])([2H])C([2H])(C([2H])([2H])[2H])C([2H])([2H])[2H])cc1.[2H]c1c([2H])c(C([2H])(C(=O)O)C([2H])([2H])[2H])c([2H])c([2H])c1C([2H])([2H])C([2H])(C([2H])([2H])[2H])C([2H])([2H])[2H]. The number of carboxylic acid groups (broad SMARTS) is 2. The third-order valence-electron chi connectivity index (χ3n) is 3.00. The summed E-state index contributed by atoms with van der Waals surface area (Å²) in [5, 5.41) is 18.5. The van der Waals surface area contributed by atoms with E-state index in [4.69, 9.17) is 41.1 Å². The Morgan fingerprint density at radius 1 is 0.800 bits per heavy atom. The van der Waals surface area contributed by atoms with Crippen molar-refractivity contribution in [1.82, 2.24) is 0 Å². The van der Waals surface area contributed by atoms with E-state index in [1.165, 1.54) is 0 Å². The zero-order valence-electron chi connectivity index (χ0n) is 45.0. The molecule has 0 saturated carbocycles. The molecule has 0 radical (unpaired) electrons. The van der Waals surface area contributed by atoms with Crippen LogP contribution in [0, 0.1) is 11.8 Å². The minimum Gasteiger partial charge on any atom is -0.481 e. The molecule has 4 nitrogen and oxygen atoms in total. The first kappa shape index (κ1) is 5.79. The van der Waals surface area contributed by atoms with Crippen molar-refractivity contribution >= 4 is 11.9 Å². The predicted octanol–water partition coefficient (Wildman–Crippen LogP) is 6.15. The van der Waals surface area contributed by atoms with Crippen LogP contribution in [-0.4, -0.2) is 22.2 Å². The van der Waals surface area contributed by atoms with Gasteiger partial charge in [-0.15, -0.1) is 0 Å². The maximum absolute atomic E-state index is 11.6. The Bertz CT molecular complexity index is 1870. The van der Waals surface area contributed by atoms with Crippen molar-refractivity contribution in [3.05, 3.63) is 70.7 Å². The first-order chi connectivity index (χ1) is 26.0. The molecule has 0 amide bonds. The lowest BCUT2D eigenvalue weighted by Crippen LogP contribution is -2.07. The van der Waals surface area contributed by atoms with Crippen molar-refractivity contribution in [3.8, 4) is 0 Å². The lowest BCUT2D eigenvalue weighted by atomic mass is 9.97. The molecular weight excluding hydrogens is 376 g/mol. The van der Waals surface area contributed by atoms with Crippen molar-refractivity contribution in [3.63, 3.8) is 0 Å². The zero-order chi connectivity index (χ0) is 48.6. The first-order valence-electron chi connectivity index (χ1n) is 22.7. The number of carboxylic acids is 2. The molecule has 0 saturated heterocycles. The van der Waals surface area contributed by atoms with Crippen molar-refractivity contribution in [2.24, 2.45) is 11.8 Å².